The predicted octanol–water partition coefficient (Wildman–Crippen LogP) is 3.02. The highest BCUT2D eigenvalue weighted by molar-refractivity contribution is 7.93. The molecule has 4 unspecified atom stereocenters. The van der Waals surface area contributed by atoms with E-state index in [1.54, 1.807) is 30.3 Å². The smallest absolute Gasteiger partial charge is 0.193 e. The molecule has 3 fully saturated rings. The Morgan fingerprint density at radius 2 is 1.62 bits per heavy atom. The summed E-state index contributed by atoms with van der Waals surface area (Å²) in [7, 11) is -3.97. The number of ketones is 2. The van der Waals surface area contributed by atoms with Crippen molar-refractivity contribution in [2.24, 2.45) is 5.92 Å². The second-order valence-electron chi connectivity index (χ2n) is 8.69. The molecule has 4 bridgehead atoms. The Morgan fingerprint density at radius 1 is 0.931 bits per heavy atom. The average Bonchev–Trinajstić information content (AvgIpc) is 3.18. The Bertz CT molecular complexity index is 1160. The normalized spacial score (nSPS) is 37.3. The fourth-order valence-electron chi connectivity index (χ4n) is 6.43. The van der Waals surface area contributed by atoms with Gasteiger partial charge < -0.3 is 0 Å². The van der Waals surface area contributed by atoms with E-state index in [2.05, 4.69) is 4.90 Å². The molecule has 0 radical (unpaired) electrons. The minimum atomic E-state index is -3.97. The molecule has 6 atom stereocenters. The van der Waals surface area contributed by atoms with Crippen molar-refractivity contribution in [2.45, 2.75) is 53.5 Å². The molecule has 2 saturated heterocycles. The number of piperidine rings is 1. The van der Waals surface area contributed by atoms with Crippen LogP contribution in [0.3, 0.4) is 0 Å². The van der Waals surface area contributed by atoms with E-state index in [1.165, 1.54) is 0 Å². The number of nitrogens with zero attached hydrogens (tertiary/aromatic N) is 1. The zero-order chi connectivity index (χ0) is 20.0. The van der Waals surface area contributed by atoms with Crippen LogP contribution in [0.1, 0.15) is 48.9 Å². The van der Waals surface area contributed by atoms with Crippen molar-refractivity contribution in [3.05, 3.63) is 65.7 Å². The van der Waals surface area contributed by atoms with Crippen LogP contribution in [0, 0.1) is 5.92 Å². The number of hydrogen-bond acceptors (Lipinski definition) is 5. The zero-order valence-corrected chi connectivity index (χ0v) is 16.6. The maximum Gasteiger partial charge on any atom is 0.193 e. The van der Waals surface area contributed by atoms with E-state index in [1.807, 2.05) is 24.3 Å². The molecule has 1 aliphatic carbocycles. The van der Waals surface area contributed by atoms with Crippen LogP contribution in [0.4, 0.5) is 0 Å². The molecule has 0 spiro atoms. The summed E-state index contributed by atoms with van der Waals surface area (Å²) < 4.78 is 26.4. The van der Waals surface area contributed by atoms with Gasteiger partial charge in [0.05, 0.1) is 17.0 Å². The van der Waals surface area contributed by atoms with Crippen LogP contribution in [0.25, 0.3) is 0 Å². The van der Waals surface area contributed by atoms with Gasteiger partial charge in [0.15, 0.2) is 20.4 Å². The highest BCUT2D eigenvalue weighted by atomic mass is 32.2. The van der Waals surface area contributed by atoms with E-state index in [9.17, 15) is 18.0 Å². The number of fused-ring (bicyclic) bond motifs is 3. The van der Waals surface area contributed by atoms with Crippen LogP contribution in [0.5, 0.6) is 0 Å². The maximum absolute atomic E-state index is 14.0. The lowest BCUT2D eigenvalue weighted by atomic mass is 9.70. The summed E-state index contributed by atoms with van der Waals surface area (Å²) in [5.41, 5.74) is 1.85. The second-order valence-corrected chi connectivity index (χ2v) is 10.9. The number of benzene rings is 2. The van der Waals surface area contributed by atoms with Crippen molar-refractivity contribution in [3.63, 3.8) is 0 Å². The van der Waals surface area contributed by atoms with Crippen molar-refractivity contribution < 1.29 is 18.0 Å². The molecule has 148 valence electrons. The Labute approximate surface area is 169 Å². The molecule has 3 heterocycles. The summed E-state index contributed by atoms with van der Waals surface area (Å²) in [5, 5.41) is 0. The summed E-state index contributed by atoms with van der Waals surface area (Å²) in [6.45, 7) is 0. The first kappa shape index (κ1) is 17.5. The Hall–Kier alpha value is -2.31. The van der Waals surface area contributed by atoms with Crippen molar-refractivity contribution in [1.29, 1.82) is 0 Å². The molecular formula is C23H21NO4S. The van der Waals surface area contributed by atoms with E-state index >= 15 is 0 Å². The predicted molar refractivity (Wildman–Crippen MR) is 106 cm³/mol. The minimum absolute atomic E-state index is 0.0517. The standard InChI is InChI=1S/C23H21NO4S/c25-19-12-6-11-18-17(19)13-23(29(27,28)14-7-2-1-3-8-14)21-16-10-5-4-9-15(16)20(22(23)26)24(18)21/h1-5,7-10,17-18,20-21H,6,11-13H2/t17-,18+,20?,21?,23?/m0/s1. The summed E-state index contributed by atoms with van der Waals surface area (Å²) >= 11 is 0. The van der Waals surface area contributed by atoms with Crippen LogP contribution < -0.4 is 0 Å². The molecule has 4 aliphatic rings. The fraction of sp³-hybridized carbons (Fsp3) is 0.391. The third-order valence-corrected chi connectivity index (χ3v) is 9.97. The summed E-state index contributed by atoms with van der Waals surface area (Å²) in [6.07, 6.45) is 2.23. The van der Waals surface area contributed by atoms with Gasteiger partial charge in [-0.05, 0) is 42.5 Å². The van der Waals surface area contributed by atoms with Crippen molar-refractivity contribution in [2.75, 3.05) is 0 Å². The topological polar surface area (TPSA) is 71.5 Å². The molecule has 2 aromatic rings. The van der Waals surface area contributed by atoms with E-state index in [0.717, 1.165) is 24.0 Å². The van der Waals surface area contributed by atoms with Gasteiger partial charge in [-0.2, -0.15) is 0 Å². The van der Waals surface area contributed by atoms with E-state index < -0.39 is 26.7 Å². The molecule has 5 nitrogen and oxygen atoms in total. The zero-order valence-electron chi connectivity index (χ0n) is 15.8. The lowest BCUT2D eigenvalue weighted by Gasteiger charge is -2.48. The second kappa shape index (κ2) is 5.64. The maximum atomic E-state index is 14.0. The van der Waals surface area contributed by atoms with Gasteiger partial charge in [0.1, 0.15) is 5.78 Å². The molecule has 0 aromatic heterocycles. The molecule has 6 heteroatoms. The van der Waals surface area contributed by atoms with Crippen LogP contribution in [0.2, 0.25) is 0 Å². The van der Waals surface area contributed by atoms with Crippen molar-refractivity contribution in [1.82, 2.24) is 4.90 Å². The van der Waals surface area contributed by atoms with Gasteiger partial charge in [-0.15, -0.1) is 0 Å². The highest BCUT2D eigenvalue weighted by Crippen LogP contribution is 2.66. The summed E-state index contributed by atoms with van der Waals surface area (Å²) in [5.74, 6) is -0.522. The molecule has 1 saturated carbocycles. The molecule has 2 aromatic carbocycles. The third kappa shape index (κ3) is 1.92. The molecule has 0 amide bonds. The highest BCUT2D eigenvalue weighted by Gasteiger charge is 2.75. The molecular weight excluding hydrogens is 386 g/mol. The lowest BCUT2D eigenvalue weighted by molar-refractivity contribution is -0.130. The Balaban J connectivity index is 1.63. The van der Waals surface area contributed by atoms with Crippen LogP contribution in [-0.4, -0.2) is 35.7 Å². The van der Waals surface area contributed by atoms with Crippen LogP contribution >= 0.6 is 0 Å². The van der Waals surface area contributed by atoms with Gasteiger partial charge in [0, 0.05) is 18.4 Å². The lowest BCUT2D eigenvalue weighted by Crippen LogP contribution is -2.59. The Kier molecular flexibility index (Phi) is 3.41. The summed E-state index contributed by atoms with van der Waals surface area (Å²) in [6, 6.07) is 14.9. The number of Topliss-reactive ketones (excluding diaryl/α,β-unsaturated/α-hetero) is 2. The quantitative estimate of drug-likeness (QED) is 0.765. The fourth-order valence-corrected chi connectivity index (χ4v) is 8.68. The number of hydrogen-bond donors (Lipinski definition) is 0. The molecule has 3 aliphatic heterocycles. The number of sulfone groups is 1. The number of carbonyl (C=O) groups excluding carboxylic acids is 2. The average molecular weight is 407 g/mol. The first-order valence-corrected chi connectivity index (χ1v) is 11.7. The monoisotopic (exact) mass is 407 g/mol. The molecule has 29 heavy (non-hydrogen) atoms. The number of carbonyl (C=O) groups is 2. The van der Waals surface area contributed by atoms with E-state index in [-0.39, 0.29) is 34.8 Å². The Morgan fingerprint density at radius 3 is 2.38 bits per heavy atom. The largest absolute Gasteiger partial charge is 0.299 e. The van der Waals surface area contributed by atoms with Crippen LogP contribution in [-0.2, 0) is 19.4 Å². The minimum Gasteiger partial charge on any atom is -0.299 e. The molecule has 6 rings (SSSR count). The van der Waals surface area contributed by atoms with E-state index in [0.29, 0.717) is 6.42 Å². The summed E-state index contributed by atoms with van der Waals surface area (Å²) in [4.78, 5) is 29.0. The van der Waals surface area contributed by atoms with E-state index in [4.69, 9.17) is 0 Å². The first-order valence-electron chi connectivity index (χ1n) is 10.2. The van der Waals surface area contributed by atoms with Gasteiger partial charge in [-0.25, -0.2) is 8.42 Å². The molecule has 0 N–H and O–H groups in total. The first-order chi connectivity index (χ1) is 14.0. The SMILES string of the molecule is O=C1CCC[C@@H]2[C@@H]1CC1(S(=O)(=O)c3ccccc3)C(=O)C3c4ccccc4C1N32. The van der Waals surface area contributed by atoms with Gasteiger partial charge in [-0.3, -0.25) is 14.5 Å². The van der Waals surface area contributed by atoms with Crippen molar-refractivity contribution >= 4 is 21.4 Å². The van der Waals surface area contributed by atoms with Crippen LogP contribution in [0.15, 0.2) is 59.5 Å². The van der Waals surface area contributed by atoms with Gasteiger partial charge >= 0.3 is 0 Å². The van der Waals surface area contributed by atoms with Gasteiger partial charge in [0.25, 0.3) is 0 Å². The van der Waals surface area contributed by atoms with Gasteiger partial charge in [0.2, 0.25) is 0 Å². The number of rotatable bonds is 2. The van der Waals surface area contributed by atoms with Gasteiger partial charge in [-0.1, -0.05) is 42.5 Å². The third-order valence-electron chi connectivity index (χ3n) is 7.53. The van der Waals surface area contributed by atoms with Crippen molar-refractivity contribution in [3.8, 4) is 0 Å².